The van der Waals surface area contributed by atoms with Crippen molar-refractivity contribution in [2.75, 3.05) is 5.73 Å². The van der Waals surface area contributed by atoms with Crippen LogP contribution in [0.15, 0.2) is 6.20 Å². The summed E-state index contributed by atoms with van der Waals surface area (Å²) in [5.41, 5.74) is 4.27. The molecule has 13 heavy (non-hydrogen) atoms. The minimum atomic E-state index is -4.40. The predicted octanol–water partition coefficient (Wildman–Crippen LogP) is 1.64. The molecule has 0 aliphatic heterocycles. The van der Waals surface area contributed by atoms with Crippen molar-refractivity contribution in [3.8, 4) is 0 Å². The van der Waals surface area contributed by atoms with Gasteiger partial charge in [0.25, 0.3) is 0 Å². The molecule has 0 spiro atoms. The molecule has 1 aromatic heterocycles. The average Bonchev–Trinajstić information content (AvgIpc) is 2.01. The number of aryl methyl sites for hydroxylation is 1. The quantitative estimate of drug-likeness (QED) is 0.734. The number of rotatable bonds is 1. The third-order valence-electron chi connectivity index (χ3n) is 1.53. The van der Waals surface area contributed by atoms with Crippen LogP contribution in [0.5, 0.6) is 0 Å². The molecule has 0 unspecified atom stereocenters. The lowest BCUT2D eigenvalue weighted by Gasteiger charge is -2.09. The van der Waals surface area contributed by atoms with Crippen molar-refractivity contribution in [3.05, 3.63) is 17.5 Å². The lowest BCUT2D eigenvalue weighted by Crippen LogP contribution is -2.12. The highest BCUT2D eigenvalue weighted by Crippen LogP contribution is 2.30. The summed E-state index contributed by atoms with van der Waals surface area (Å²) in [5, 5.41) is 0. The molecule has 0 aliphatic rings. The van der Waals surface area contributed by atoms with Crippen molar-refractivity contribution in [2.24, 2.45) is 0 Å². The normalized spacial score (nSPS) is 11.7. The van der Waals surface area contributed by atoms with Gasteiger partial charge in [-0.1, -0.05) is 6.92 Å². The van der Waals surface area contributed by atoms with E-state index in [-0.39, 0.29) is 18.1 Å². The Balaban J connectivity index is 3.22. The van der Waals surface area contributed by atoms with Crippen LogP contribution < -0.4 is 5.73 Å². The van der Waals surface area contributed by atoms with Gasteiger partial charge in [-0.05, 0) is 6.42 Å². The molecule has 0 fully saturated rings. The third-order valence-corrected chi connectivity index (χ3v) is 1.53. The molecule has 0 amide bonds. The Hall–Kier alpha value is -1.33. The summed E-state index contributed by atoms with van der Waals surface area (Å²) in [6.45, 7) is 1.58. The molecule has 6 heteroatoms. The fourth-order valence-corrected chi connectivity index (χ4v) is 0.939. The Labute approximate surface area is 72.8 Å². The van der Waals surface area contributed by atoms with E-state index in [1.54, 1.807) is 6.92 Å². The van der Waals surface area contributed by atoms with Crippen LogP contribution in [0.2, 0.25) is 0 Å². The molecule has 0 saturated carbocycles. The Morgan fingerprint density at radius 2 is 2.08 bits per heavy atom. The zero-order valence-electron chi connectivity index (χ0n) is 6.89. The van der Waals surface area contributed by atoms with Gasteiger partial charge < -0.3 is 5.73 Å². The fraction of sp³-hybridized carbons (Fsp3) is 0.429. The number of alkyl halides is 3. The smallest absolute Gasteiger partial charge is 0.368 e. The summed E-state index contributed by atoms with van der Waals surface area (Å²) in [5.74, 6) is -0.134. The number of anilines is 1. The maximum atomic E-state index is 12.2. The number of nitrogen functional groups attached to an aromatic ring is 1. The summed E-state index contributed by atoms with van der Waals surface area (Å²) < 4.78 is 36.7. The van der Waals surface area contributed by atoms with Crippen molar-refractivity contribution in [3.63, 3.8) is 0 Å². The molecule has 0 atom stereocenters. The Kier molecular flexibility index (Phi) is 2.40. The van der Waals surface area contributed by atoms with Crippen LogP contribution in [0, 0.1) is 0 Å². The molecule has 0 aromatic carbocycles. The van der Waals surface area contributed by atoms with E-state index in [1.165, 1.54) is 0 Å². The van der Waals surface area contributed by atoms with E-state index in [4.69, 9.17) is 5.73 Å². The summed E-state index contributed by atoms with van der Waals surface area (Å²) >= 11 is 0. The van der Waals surface area contributed by atoms with Gasteiger partial charge in [0, 0.05) is 6.20 Å². The fourth-order valence-electron chi connectivity index (χ4n) is 0.939. The second-order valence-corrected chi connectivity index (χ2v) is 2.44. The first-order valence-corrected chi connectivity index (χ1v) is 3.63. The van der Waals surface area contributed by atoms with Gasteiger partial charge in [-0.25, -0.2) is 9.97 Å². The van der Waals surface area contributed by atoms with E-state index in [2.05, 4.69) is 9.97 Å². The molecule has 2 N–H and O–H groups in total. The van der Waals surface area contributed by atoms with E-state index in [0.29, 0.717) is 6.20 Å². The summed E-state index contributed by atoms with van der Waals surface area (Å²) in [6.07, 6.45) is -3.51. The minimum Gasteiger partial charge on any atom is -0.368 e. The van der Waals surface area contributed by atoms with E-state index < -0.39 is 11.7 Å². The molecule has 1 aromatic rings. The van der Waals surface area contributed by atoms with Crippen molar-refractivity contribution in [2.45, 2.75) is 19.5 Å². The number of nitrogens with two attached hydrogens (primary N) is 1. The molecule has 0 radical (unpaired) electrons. The third kappa shape index (κ3) is 2.07. The maximum Gasteiger partial charge on any atom is 0.419 e. The molecule has 3 nitrogen and oxygen atoms in total. The number of aromatic nitrogens is 2. The lowest BCUT2D eigenvalue weighted by molar-refractivity contribution is -0.138. The topological polar surface area (TPSA) is 51.8 Å². The highest BCUT2D eigenvalue weighted by Gasteiger charge is 2.34. The van der Waals surface area contributed by atoms with E-state index in [9.17, 15) is 13.2 Å². The van der Waals surface area contributed by atoms with Gasteiger partial charge in [-0.2, -0.15) is 13.2 Å². The van der Waals surface area contributed by atoms with Gasteiger partial charge in [0.15, 0.2) is 0 Å². The van der Waals surface area contributed by atoms with Crippen LogP contribution in [0.25, 0.3) is 0 Å². The Morgan fingerprint density at radius 3 is 2.54 bits per heavy atom. The largest absolute Gasteiger partial charge is 0.419 e. The molecule has 0 saturated heterocycles. The van der Waals surface area contributed by atoms with Gasteiger partial charge in [-0.15, -0.1) is 0 Å². The van der Waals surface area contributed by atoms with Crippen molar-refractivity contribution < 1.29 is 13.2 Å². The highest BCUT2D eigenvalue weighted by atomic mass is 19.4. The van der Waals surface area contributed by atoms with Crippen LogP contribution in [0.1, 0.15) is 18.2 Å². The molecule has 0 aliphatic carbocycles. The van der Waals surface area contributed by atoms with Gasteiger partial charge >= 0.3 is 6.18 Å². The van der Waals surface area contributed by atoms with Crippen molar-refractivity contribution >= 4 is 5.95 Å². The Morgan fingerprint density at radius 1 is 1.46 bits per heavy atom. The SMILES string of the molecule is CCc1nc(N)ncc1C(F)(F)F. The van der Waals surface area contributed by atoms with Crippen LogP contribution in [-0.2, 0) is 12.6 Å². The standard InChI is InChI=1S/C7H8F3N3/c1-2-5-4(7(8,9)10)3-12-6(11)13-5/h3H,2H2,1H3,(H2,11,12,13). The molecule has 72 valence electrons. The van der Waals surface area contributed by atoms with Gasteiger partial charge in [-0.3, -0.25) is 0 Å². The number of nitrogens with zero attached hydrogens (tertiary/aromatic N) is 2. The van der Waals surface area contributed by atoms with Gasteiger partial charge in [0.05, 0.1) is 11.3 Å². The molecular weight excluding hydrogens is 183 g/mol. The van der Waals surface area contributed by atoms with Crippen molar-refractivity contribution in [1.82, 2.24) is 9.97 Å². The number of hydrogen-bond acceptors (Lipinski definition) is 3. The Bertz CT molecular complexity index is 308. The van der Waals surface area contributed by atoms with Crippen LogP contribution in [0.3, 0.4) is 0 Å². The second-order valence-electron chi connectivity index (χ2n) is 2.44. The minimum absolute atomic E-state index is 0.0694. The van der Waals surface area contributed by atoms with Gasteiger partial charge in [0.1, 0.15) is 0 Å². The summed E-state index contributed by atoms with van der Waals surface area (Å²) in [7, 11) is 0. The zero-order valence-corrected chi connectivity index (χ0v) is 6.89. The predicted molar refractivity (Wildman–Crippen MR) is 40.8 cm³/mol. The lowest BCUT2D eigenvalue weighted by atomic mass is 10.2. The van der Waals surface area contributed by atoms with Crippen molar-refractivity contribution in [1.29, 1.82) is 0 Å². The maximum absolute atomic E-state index is 12.2. The summed E-state index contributed by atoms with van der Waals surface area (Å²) in [4.78, 5) is 6.81. The van der Waals surface area contributed by atoms with E-state index in [1.807, 2.05) is 0 Å². The van der Waals surface area contributed by atoms with E-state index in [0.717, 1.165) is 0 Å². The first kappa shape index (κ1) is 9.76. The first-order chi connectivity index (χ1) is 5.95. The van der Waals surface area contributed by atoms with Crippen LogP contribution >= 0.6 is 0 Å². The molecule has 0 bridgehead atoms. The first-order valence-electron chi connectivity index (χ1n) is 3.63. The second kappa shape index (κ2) is 3.20. The zero-order chi connectivity index (χ0) is 10.1. The molecule has 1 rings (SSSR count). The monoisotopic (exact) mass is 191 g/mol. The van der Waals surface area contributed by atoms with Crippen LogP contribution in [0.4, 0.5) is 19.1 Å². The van der Waals surface area contributed by atoms with Gasteiger partial charge in [0.2, 0.25) is 5.95 Å². The molecular formula is C7H8F3N3. The average molecular weight is 191 g/mol. The van der Waals surface area contributed by atoms with E-state index >= 15 is 0 Å². The highest BCUT2D eigenvalue weighted by molar-refractivity contribution is 5.27. The number of halogens is 3. The molecule has 1 heterocycles. The summed E-state index contributed by atoms with van der Waals surface area (Å²) in [6, 6.07) is 0. The van der Waals surface area contributed by atoms with Crippen LogP contribution in [-0.4, -0.2) is 9.97 Å². The number of hydrogen-bond donors (Lipinski definition) is 1.